The van der Waals surface area contributed by atoms with Crippen LogP contribution in [0.2, 0.25) is 10.0 Å². The van der Waals surface area contributed by atoms with E-state index in [0.717, 1.165) is 11.8 Å². The van der Waals surface area contributed by atoms with Crippen LogP contribution in [0.15, 0.2) is 50.3 Å². The molecule has 0 aliphatic carbocycles. The van der Waals surface area contributed by atoms with E-state index in [1.165, 1.54) is 10.7 Å². The Morgan fingerprint density at radius 1 is 1.19 bits per heavy atom. The average molecular weight is 567 g/mol. The third-order valence-corrected chi connectivity index (χ3v) is 4.63. The minimum atomic E-state index is -3.19. The van der Waals surface area contributed by atoms with Gasteiger partial charge in [0.05, 0.1) is 22.2 Å². The van der Waals surface area contributed by atoms with E-state index in [2.05, 4.69) is 41.7 Å². The van der Waals surface area contributed by atoms with Crippen molar-refractivity contribution in [2.75, 3.05) is 6.26 Å². The van der Waals surface area contributed by atoms with Gasteiger partial charge >= 0.3 is 5.63 Å². The number of hydrogen-bond acceptors (Lipinski definition) is 7. The molecule has 3 aromatic heterocycles. The Balaban J connectivity index is 0.000000491. The topological polar surface area (TPSA) is 108 Å². The van der Waals surface area contributed by atoms with Crippen molar-refractivity contribution >= 4 is 69.8 Å². The van der Waals surface area contributed by atoms with Gasteiger partial charge in [-0.1, -0.05) is 23.2 Å². The molecule has 4 aromatic rings. The van der Waals surface area contributed by atoms with E-state index in [9.17, 15) is 13.2 Å². The zero-order chi connectivity index (χ0) is 22.9. The molecule has 0 bridgehead atoms. The van der Waals surface area contributed by atoms with Gasteiger partial charge in [-0.2, -0.15) is 5.10 Å². The second kappa shape index (κ2) is 9.25. The number of nitrogens with zero attached hydrogens (tertiary/aromatic N) is 4. The standard InChI is InChI=1S/C17H9BrCl2N4O2.CH3ClO2S/c1-8-5-9(19)6-10-14(8)22-16(26-17(10)25)12-7-13(18)23-24(12)15-11(20)3-2-4-21-15;1-5(2,3)4/h2-7H,1H3;1H3. The zero-order valence-corrected chi connectivity index (χ0v) is 20.5. The molecule has 0 saturated carbocycles. The number of aryl methyl sites for hydroxylation is 1. The molecule has 0 saturated heterocycles. The summed E-state index contributed by atoms with van der Waals surface area (Å²) in [5.74, 6) is 0.500. The SMILES string of the molecule is CS(=O)(=O)Cl.Cc1cc(Cl)cc2c(=O)oc(-c3cc(Br)nn3-c3ncccc3Cl)nc12. The summed E-state index contributed by atoms with van der Waals surface area (Å²) < 4.78 is 26.2. The fourth-order valence-electron chi connectivity index (χ4n) is 2.62. The van der Waals surface area contributed by atoms with Crippen LogP contribution in [0.1, 0.15) is 5.56 Å². The van der Waals surface area contributed by atoms with Crippen LogP contribution in [-0.2, 0) is 9.05 Å². The summed E-state index contributed by atoms with van der Waals surface area (Å²) in [5, 5.41) is 5.49. The summed E-state index contributed by atoms with van der Waals surface area (Å²) in [6, 6.07) is 8.36. The molecule has 0 aliphatic rings. The van der Waals surface area contributed by atoms with Crippen molar-refractivity contribution in [3.63, 3.8) is 0 Å². The first-order valence-corrected chi connectivity index (χ1v) is 12.6. The normalized spacial score (nSPS) is 11.3. The van der Waals surface area contributed by atoms with Gasteiger partial charge in [-0.3, -0.25) is 0 Å². The number of aromatic nitrogens is 4. The molecular formula is C18H12BrCl3N4O4S. The zero-order valence-electron chi connectivity index (χ0n) is 15.8. The lowest BCUT2D eigenvalue weighted by Gasteiger charge is -2.08. The Bertz CT molecular complexity index is 1450. The van der Waals surface area contributed by atoms with Crippen LogP contribution in [0.3, 0.4) is 0 Å². The number of hydrogen-bond donors (Lipinski definition) is 0. The fourth-order valence-corrected chi connectivity index (χ4v) is 3.47. The minimum absolute atomic E-state index is 0.104. The van der Waals surface area contributed by atoms with Gasteiger partial charge in [0.1, 0.15) is 10.3 Å². The Hall–Kier alpha value is -1.98. The van der Waals surface area contributed by atoms with Gasteiger partial charge in [0.15, 0.2) is 5.82 Å². The number of halogens is 4. The molecule has 8 nitrogen and oxygen atoms in total. The molecular weight excluding hydrogens is 555 g/mol. The molecule has 0 radical (unpaired) electrons. The first-order valence-electron chi connectivity index (χ1n) is 8.31. The van der Waals surface area contributed by atoms with Gasteiger partial charge in [0, 0.05) is 28.0 Å². The van der Waals surface area contributed by atoms with Crippen LogP contribution in [0, 0.1) is 6.92 Å². The molecule has 4 rings (SSSR count). The van der Waals surface area contributed by atoms with Crippen molar-refractivity contribution in [1.82, 2.24) is 19.7 Å². The summed E-state index contributed by atoms with van der Waals surface area (Å²) in [7, 11) is 1.31. The van der Waals surface area contributed by atoms with E-state index in [1.807, 2.05) is 6.92 Å². The van der Waals surface area contributed by atoms with E-state index in [-0.39, 0.29) is 5.89 Å². The van der Waals surface area contributed by atoms with Crippen LogP contribution < -0.4 is 5.63 Å². The molecule has 13 heteroatoms. The quantitative estimate of drug-likeness (QED) is 0.314. The largest absolute Gasteiger partial charge is 0.401 e. The molecule has 0 atom stereocenters. The van der Waals surface area contributed by atoms with Gasteiger partial charge < -0.3 is 4.42 Å². The van der Waals surface area contributed by atoms with Gasteiger partial charge in [0.25, 0.3) is 0 Å². The number of pyridine rings is 1. The summed E-state index contributed by atoms with van der Waals surface area (Å²) in [6.45, 7) is 1.83. The summed E-state index contributed by atoms with van der Waals surface area (Å²) >= 11 is 15.6. The molecule has 0 spiro atoms. The first-order chi connectivity index (χ1) is 14.4. The molecule has 3 heterocycles. The number of rotatable bonds is 2. The van der Waals surface area contributed by atoms with Gasteiger partial charge in [-0.05, 0) is 52.7 Å². The highest BCUT2D eigenvalue weighted by Gasteiger charge is 2.19. The monoisotopic (exact) mass is 564 g/mol. The highest BCUT2D eigenvalue weighted by atomic mass is 79.9. The van der Waals surface area contributed by atoms with Crippen molar-refractivity contribution in [2.24, 2.45) is 0 Å². The Labute approximate surface area is 199 Å². The van der Waals surface area contributed by atoms with Crippen LogP contribution >= 0.6 is 49.8 Å². The van der Waals surface area contributed by atoms with Gasteiger partial charge in [-0.15, -0.1) is 0 Å². The van der Waals surface area contributed by atoms with Gasteiger partial charge in [0.2, 0.25) is 14.9 Å². The predicted octanol–water partition coefficient (Wildman–Crippen LogP) is 5.00. The highest BCUT2D eigenvalue weighted by Crippen LogP contribution is 2.28. The minimum Gasteiger partial charge on any atom is -0.401 e. The van der Waals surface area contributed by atoms with Crippen molar-refractivity contribution in [1.29, 1.82) is 0 Å². The molecule has 0 aliphatic heterocycles. The van der Waals surface area contributed by atoms with E-state index >= 15 is 0 Å². The molecule has 162 valence electrons. The maximum atomic E-state index is 12.5. The highest BCUT2D eigenvalue weighted by molar-refractivity contribution is 9.10. The fraction of sp³-hybridized carbons (Fsp3) is 0.111. The molecule has 0 fully saturated rings. The van der Waals surface area contributed by atoms with Crippen LogP contribution in [0.5, 0.6) is 0 Å². The second-order valence-electron chi connectivity index (χ2n) is 6.18. The predicted molar refractivity (Wildman–Crippen MR) is 124 cm³/mol. The number of benzene rings is 1. The lowest BCUT2D eigenvalue weighted by molar-refractivity contribution is 0.513. The molecule has 0 N–H and O–H groups in total. The Morgan fingerprint density at radius 3 is 2.52 bits per heavy atom. The van der Waals surface area contributed by atoms with Crippen molar-refractivity contribution in [2.45, 2.75) is 6.92 Å². The third kappa shape index (κ3) is 5.83. The maximum Gasteiger partial charge on any atom is 0.347 e. The van der Waals surface area contributed by atoms with E-state index < -0.39 is 14.7 Å². The van der Waals surface area contributed by atoms with Gasteiger partial charge in [-0.25, -0.2) is 27.9 Å². The van der Waals surface area contributed by atoms with E-state index in [1.54, 1.807) is 30.5 Å². The van der Waals surface area contributed by atoms with Crippen molar-refractivity contribution in [3.05, 3.63) is 67.2 Å². The van der Waals surface area contributed by atoms with E-state index in [0.29, 0.717) is 37.1 Å². The number of fused-ring (bicyclic) bond motifs is 1. The lowest BCUT2D eigenvalue weighted by Crippen LogP contribution is -2.08. The van der Waals surface area contributed by atoms with Crippen LogP contribution in [0.25, 0.3) is 28.3 Å². The summed E-state index contributed by atoms with van der Waals surface area (Å²) in [6.07, 6.45) is 2.52. The summed E-state index contributed by atoms with van der Waals surface area (Å²) in [4.78, 5) is 21.2. The van der Waals surface area contributed by atoms with E-state index in [4.69, 9.17) is 27.6 Å². The molecule has 0 amide bonds. The molecule has 0 unspecified atom stereocenters. The van der Waals surface area contributed by atoms with Crippen molar-refractivity contribution in [3.8, 4) is 17.4 Å². The smallest absolute Gasteiger partial charge is 0.347 e. The average Bonchev–Trinajstić information content (AvgIpc) is 3.03. The second-order valence-corrected chi connectivity index (χ2v) is 10.9. The van der Waals surface area contributed by atoms with Crippen molar-refractivity contribution < 1.29 is 12.8 Å². The Morgan fingerprint density at radius 2 is 1.87 bits per heavy atom. The van der Waals surface area contributed by atoms with Crippen LogP contribution in [0.4, 0.5) is 0 Å². The third-order valence-electron chi connectivity index (χ3n) is 3.73. The molecule has 1 aromatic carbocycles. The molecule has 31 heavy (non-hydrogen) atoms. The first kappa shape index (κ1) is 23.7. The summed E-state index contributed by atoms with van der Waals surface area (Å²) in [5.41, 5.74) is 1.18. The Kier molecular flexibility index (Phi) is 7.07. The maximum absolute atomic E-state index is 12.5. The van der Waals surface area contributed by atoms with Crippen LogP contribution in [-0.4, -0.2) is 34.4 Å². The lowest BCUT2D eigenvalue weighted by atomic mass is 10.1.